The van der Waals surface area contributed by atoms with Gasteiger partial charge >= 0.3 is 5.97 Å². The minimum Gasteiger partial charge on any atom is -0.481 e. The molecule has 0 heterocycles. The summed E-state index contributed by atoms with van der Waals surface area (Å²) in [6, 6.07) is 6.39. The number of carboxylic acids is 1. The van der Waals surface area contributed by atoms with Crippen LogP contribution in [0, 0.1) is 19.8 Å². The molecule has 0 saturated carbocycles. The van der Waals surface area contributed by atoms with E-state index in [0.717, 1.165) is 6.54 Å². The summed E-state index contributed by atoms with van der Waals surface area (Å²) >= 11 is 0. The van der Waals surface area contributed by atoms with Crippen molar-refractivity contribution in [3.8, 4) is 0 Å². The van der Waals surface area contributed by atoms with Crippen LogP contribution in [0.3, 0.4) is 0 Å². The van der Waals surface area contributed by atoms with E-state index in [0.29, 0.717) is 13.0 Å². The molecule has 0 aliphatic carbocycles. The van der Waals surface area contributed by atoms with Gasteiger partial charge in [0.25, 0.3) is 0 Å². The van der Waals surface area contributed by atoms with Gasteiger partial charge < -0.3 is 10.0 Å². The van der Waals surface area contributed by atoms with E-state index >= 15 is 0 Å². The van der Waals surface area contributed by atoms with Crippen molar-refractivity contribution in [2.45, 2.75) is 33.7 Å². The molecule has 1 N–H and O–H groups in total. The van der Waals surface area contributed by atoms with Crippen molar-refractivity contribution in [2.24, 2.45) is 5.92 Å². The molecule has 0 fully saturated rings. The molecule has 0 spiro atoms. The normalized spacial score (nSPS) is 12.7. The van der Waals surface area contributed by atoms with Gasteiger partial charge in [-0.1, -0.05) is 30.7 Å². The van der Waals surface area contributed by atoms with Gasteiger partial charge in [0, 0.05) is 13.1 Å². The SMILES string of the molecule is CCC(CN(C)Cc1cc(C)ccc1C)C(=O)O. The molecule has 3 nitrogen and oxygen atoms in total. The smallest absolute Gasteiger partial charge is 0.307 e. The second-order valence-electron chi connectivity index (χ2n) is 5.07. The van der Waals surface area contributed by atoms with Crippen LogP contribution in [0.25, 0.3) is 0 Å². The molecule has 1 aromatic carbocycles. The molecule has 0 amide bonds. The van der Waals surface area contributed by atoms with E-state index in [-0.39, 0.29) is 5.92 Å². The Balaban J connectivity index is 2.66. The Morgan fingerprint density at radius 3 is 2.61 bits per heavy atom. The Labute approximate surface area is 109 Å². The first-order valence-electron chi connectivity index (χ1n) is 6.41. The van der Waals surface area contributed by atoms with Crippen molar-refractivity contribution in [1.82, 2.24) is 4.90 Å². The molecule has 1 aromatic rings. The summed E-state index contributed by atoms with van der Waals surface area (Å²) in [6.07, 6.45) is 0.673. The van der Waals surface area contributed by atoms with Crippen LogP contribution >= 0.6 is 0 Å². The predicted molar refractivity (Wildman–Crippen MR) is 73.7 cm³/mol. The van der Waals surface area contributed by atoms with Crippen LogP contribution in [0.4, 0.5) is 0 Å². The van der Waals surface area contributed by atoms with Crippen LogP contribution in [-0.4, -0.2) is 29.6 Å². The van der Waals surface area contributed by atoms with Crippen LogP contribution in [0.1, 0.15) is 30.0 Å². The molecule has 0 aliphatic rings. The second kappa shape index (κ2) is 6.55. The largest absolute Gasteiger partial charge is 0.481 e. The molecule has 0 aliphatic heterocycles. The first-order chi connectivity index (χ1) is 8.43. The van der Waals surface area contributed by atoms with E-state index < -0.39 is 5.97 Å². The highest BCUT2D eigenvalue weighted by molar-refractivity contribution is 5.70. The highest BCUT2D eigenvalue weighted by Crippen LogP contribution is 2.14. The lowest BCUT2D eigenvalue weighted by atomic mass is 10.0. The molecule has 1 unspecified atom stereocenters. The lowest BCUT2D eigenvalue weighted by Gasteiger charge is -2.21. The summed E-state index contributed by atoms with van der Waals surface area (Å²) in [5.41, 5.74) is 3.78. The van der Waals surface area contributed by atoms with Gasteiger partial charge in [0.05, 0.1) is 5.92 Å². The van der Waals surface area contributed by atoms with Crippen molar-refractivity contribution in [2.75, 3.05) is 13.6 Å². The standard InChI is InChI=1S/C15H23NO2/c1-5-13(15(17)18)9-16(4)10-14-8-11(2)6-7-12(14)3/h6-8,13H,5,9-10H2,1-4H3,(H,17,18). The monoisotopic (exact) mass is 249 g/mol. The van der Waals surface area contributed by atoms with Crippen molar-refractivity contribution >= 4 is 5.97 Å². The van der Waals surface area contributed by atoms with Crippen LogP contribution in [-0.2, 0) is 11.3 Å². The maximum atomic E-state index is 11.0. The average Bonchev–Trinajstić information content (AvgIpc) is 2.30. The quantitative estimate of drug-likeness (QED) is 0.842. The Hall–Kier alpha value is -1.35. The van der Waals surface area contributed by atoms with Gasteiger partial charge in [0.1, 0.15) is 0 Å². The summed E-state index contributed by atoms with van der Waals surface area (Å²) in [4.78, 5) is 13.1. The first-order valence-corrected chi connectivity index (χ1v) is 6.41. The fourth-order valence-corrected chi connectivity index (χ4v) is 2.08. The number of hydrogen-bond acceptors (Lipinski definition) is 2. The van der Waals surface area contributed by atoms with Gasteiger partial charge in [-0.15, -0.1) is 0 Å². The second-order valence-corrected chi connectivity index (χ2v) is 5.07. The third-order valence-corrected chi connectivity index (χ3v) is 3.32. The summed E-state index contributed by atoms with van der Waals surface area (Å²) < 4.78 is 0. The van der Waals surface area contributed by atoms with Crippen molar-refractivity contribution < 1.29 is 9.90 Å². The van der Waals surface area contributed by atoms with Crippen LogP contribution < -0.4 is 0 Å². The minimum atomic E-state index is -0.703. The number of hydrogen-bond donors (Lipinski definition) is 1. The Kier molecular flexibility index (Phi) is 5.35. The number of aryl methyl sites for hydroxylation is 2. The zero-order chi connectivity index (χ0) is 13.7. The van der Waals surface area contributed by atoms with Crippen molar-refractivity contribution in [1.29, 1.82) is 0 Å². The van der Waals surface area contributed by atoms with Crippen molar-refractivity contribution in [3.63, 3.8) is 0 Å². The number of carbonyl (C=O) groups is 1. The van der Waals surface area contributed by atoms with Crippen LogP contribution in [0.5, 0.6) is 0 Å². The molecule has 18 heavy (non-hydrogen) atoms. The van der Waals surface area contributed by atoms with E-state index in [4.69, 9.17) is 5.11 Å². The lowest BCUT2D eigenvalue weighted by Crippen LogP contribution is -2.29. The third kappa shape index (κ3) is 4.15. The van der Waals surface area contributed by atoms with Crippen molar-refractivity contribution in [3.05, 3.63) is 34.9 Å². The van der Waals surface area contributed by atoms with Gasteiger partial charge in [0.2, 0.25) is 0 Å². The summed E-state index contributed by atoms with van der Waals surface area (Å²) in [7, 11) is 1.98. The Morgan fingerprint density at radius 1 is 1.39 bits per heavy atom. The zero-order valence-electron chi connectivity index (χ0n) is 11.7. The highest BCUT2D eigenvalue weighted by atomic mass is 16.4. The van der Waals surface area contributed by atoms with E-state index in [1.807, 2.05) is 14.0 Å². The highest BCUT2D eigenvalue weighted by Gasteiger charge is 2.17. The van der Waals surface area contributed by atoms with E-state index in [2.05, 4.69) is 36.9 Å². The van der Waals surface area contributed by atoms with Gasteiger partial charge in [-0.2, -0.15) is 0 Å². The maximum Gasteiger partial charge on any atom is 0.307 e. The number of nitrogens with zero attached hydrogens (tertiary/aromatic N) is 1. The number of rotatable bonds is 6. The molecule has 0 bridgehead atoms. The first kappa shape index (κ1) is 14.7. The van der Waals surface area contributed by atoms with E-state index in [1.165, 1.54) is 16.7 Å². The van der Waals surface area contributed by atoms with Gasteiger partial charge in [-0.05, 0) is 38.4 Å². The third-order valence-electron chi connectivity index (χ3n) is 3.32. The molecule has 0 radical (unpaired) electrons. The lowest BCUT2D eigenvalue weighted by molar-refractivity contribution is -0.142. The molecule has 1 atom stereocenters. The maximum absolute atomic E-state index is 11.0. The van der Waals surface area contributed by atoms with Crippen LogP contribution in [0.2, 0.25) is 0 Å². The fraction of sp³-hybridized carbons (Fsp3) is 0.533. The predicted octanol–water partition coefficient (Wildman–Crippen LogP) is 2.85. The molecule has 0 saturated heterocycles. The van der Waals surface area contributed by atoms with E-state index in [1.54, 1.807) is 0 Å². The Bertz CT molecular complexity index is 415. The number of carboxylic acid groups (broad SMARTS) is 1. The molecular formula is C15H23NO2. The topological polar surface area (TPSA) is 40.5 Å². The zero-order valence-corrected chi connectivity index (χ0v) is 11.7. The molecule has 3 heteroatoms. The summed E-state index contributed by atoms with van der Waals surface area (Å²) in [5, 5.41) is 9.06. The summed E-state index contributed by atoms with van der Waals surface area (Å²) in [5.74, 6) is -0.981. The minimum absolute atomic E-state index is 0.278. The van der Waals surface area contributed by atoms with Crippen LogP contribution in [0.15, 0.2) is 18.2 Å². The van der Waals surface area contributed by atoms with Gasteiger partial charge in [0.15, 0.2) is 0 Å². The number of aliphatic carboxylic acids is 1. The van der Waals surface area contributed by atoms with E-state index in [9.17, 15) is 4.79 Å². The molecule has 1 rings (SSSR count). The number of benzene rings is 1. The van der Waals surface area contributed by atoms with Gasteiger partial charge in [-0.25, -0.2) is 0 Å². The molecular weight excluding hydrogens is 226 g/mol. The Morgan fingerprint density at radius 2 is 2.06 bits per heavy atom. The fourth-order valence-electron chi connectivity index (χ4n) is 2.08. The summed E-state index contributed by atoms with van der Waals surface area (Å²) in [6.45, 7) is 7.49. The average molecular weight is 249 g/mol. The van der Waals surface area contributed by atoms with Gasteiger partial charge in [-0.3, -0.25) is 4.79 Å². The molecule has 100 valence electrons. The molecule has 0 aromatic heterocycles.